The van der Waals surface area contributed by atoms with E-state index in [0.717, 1.165) is 16.7 Å². The van der Waals surface area contributed by atoms with Crippen molar-refractivity contribution in [3.8, 4) is 5.75 Å². The van der Waals surface area contributed by atoms with Crippen LogP contribution >= 0.6 is 0 Å². The Morgan fingerprint density at radius 1 is 1.08 bits per heavy atom. The molecule has 0 aliphatic heterocycles. The van der Waals surface area contributed by atoms with Crippen molar-refractivity contribution in [3.63, 3.8) is 0 Å². The molecule has 0 heterocycles. The molecule has 0 saturated carbocycles. The number of methoxy groups -OCH3 is 1. The van der Waals surface area contributed by atoms with Crippen molar-refractivity contribution in [2.24, 2.45) is 0 Å². The lowest BCUT2D eigenvalue weighted by molar-refractivity contribution is -0.142. The van der Waals surface area contributed by atoms with Crippen molar-refractivity contribution in [1.29, 1.82) is 0 Å². The molecule has 2 aromatic rings. The van der Waals surface area contributed by atoms with Crippen LogP contribution in [0.15, 0.2) is 42.5 Å². The summed E-state index contributed by atoms with van der Waals surface area (Å²) in [4.78, 5) is 28.4. The van der Waals surface area contributed by atoms with Gasteiger partial charge in [-0.25, -0.2) is 8.42 Å². The Kier molecular flexibility index (Phi) is 10.8. The molecule has 1 atom stereocenters. The van der Waals surface area contributed by atoms with Crippen LogP contribution in [-0.4, -0.2) is 56.6 Å². The van der Waals surface area contributed by atoms with Gasteiger partial charge in [0.1, 0.15) is 11.8 Å². The molecule has 0 aliphatic rings. The van der Waals surface area contributed by atoms with Crippen LogP contribution in [-0.2, 0) is 26.2 Å². The lowest BCUT2D eigenvalue weighted by Gasteiger charge is -2.33. The minimum atomic E-state index is -3.56. The Labute approximate surface area is 228 Å². The molecule has 0 fully saturated rings. The van der Waals surface area contributed by atoms with Crippen molar-refractivity contribution in [2.45, 2.75) is 78.9 Å². The van der Waals surface area contributed by atoms with Gasteiger partial charge in [-0.2, -0.15) is 0 Å². The van der Waals surface area contributed by atoms with Gasteiger partial charge in [-0.15, -0.1) is 0 Å². The molecule has 0 spiro atoms. The van der Waals surface area contributed by atoms with Gasteiger partial charge in [0.15, 0.2) is 0 Å². The first-order chi connectivity index (χ1) is 17.7. The highest BCUT2D eigenvalue weighted by atomic mass is 32.2. The molecular formula is C29H43N3O5S. The number of nitrogens with zero attached hydrogens (tertiary/aromatic N) is 2. The molecule has 0 radical (unpaired) electrons. The van der Waals surface area contributed by atoms with E-state index in [4.69, 9.17) is 4.74 Å². The van der Waals surface area contributed by atoms with Gasteiger partial charge in [-0.1, -0.05) is 31.2 Å². The minimum absolute atomic E-state index is 0.0974. The standard InChI is InChI=1S/C29H43N3O5S/c1-9-25(28(34)30-29(4,5)6)31(20-23-14-11-15-24(19-23)37-7)27(33)17-12-18-32(38(8,35)36)26-16-10-13-21(2)22(26)3/h10-11,13-16,19,25H,9,12,17-18,20H2,1-8H3,(H,30,34)/t25-/m0/s1. The van der Waals surface area contributed by atoms with Crippen LogP contribution in [0.5, 0.6) is 5.75 Å². The van der Waals surface area contributed by atoms with Gasteiger partial charge in [0, 0.05) is 25.0 Å². The number of rotatable bonds is 12. The average Bonchev–Trinajstić information content (AvgIpc) is 2.82. The first-order valence-corrected chi connectivity index (χ1v) is 14.8. The fourth-order valence-corrected chi connectivity index (χ4v) is 5.34. The summed E-state index contributed by atoms with van der Waals surface area (Å²) in [7, 11) is -1.98. The van der Waals surface area contributed by atoms with Crippen LogP contribution in [0, 0.1) is 13.8 Å². The average molecular weight is 546 g/mol. The number of carbonyl (C=O) groups excluding carboxylic acids is 2. The van der Waals surface area contributed by atoms with Crippen molar-refractivity contribution in [3.05, 3.63) is 59.2 Å². The Bertz CT molecular complexity index is 1220. The number of carbonyl (C=O) groups is 2. The predicted molar refractivity (Wildman–Crippen MR) is 153 cm³/mol. The number of benzene rings is 2. The van der Waals surface area contributed by atoms with E-state index in [1.807, 2.05) is 77.9 Å². The SMILES string of the molecule is CC[C@@H](C(=O)NC(C)(C)C)N(Cc1cccc(OC)c1)C(=O)CCCN(c1cccc(C)c1C)S(C)(=O)=O. The number of aryl methyl sites for hydroxylation is 1. The van der Waals surface area contributed by atoms with Crippen molar-refractivity contribution < 1.29 is 22.7 Å². The molecule has 1 N–H and O–H groups in total. The summed E-state index contributed by atoms with van der Waals surface area (Å²) in [5.74, 6) is 0.238. The molecule has 2 rings (SSSR count). The molecule has 38 heavy (non-hydrogen) atoms. The van der Waals surface area contributed by atoms with Crippen LogP contribution in [0.3, 0.4) is 0 Å². The number of anilines is 1. The third kappa shape index (κ3) is 8.75. The summed E-state index contributed by atoms with van der Waals surface area (Å²) in [6.45, 7) is 11.8. The van der Waals surface area contributed by atoms with Gasteiger partial charge in [-0.05, 0) is 82.3 Å². The molecule has 210 valence electrons. The van der Waals surface area contributed by atoms with Crippen LogP contribution in [0.2, 0.25) is 0 Å². The number of nitrogens with one attached hydrogen (secondary N) is 1. The van der Waals surface area contributed by atoms with Crippen LogP contribution in [0.1, 0.15) is 63.6 Å². The van der Waals surface area contributed by atoms with E-state index >= 15 is 0 Å². The fraction of sp³-hybridized carbons (Fsp3) is 0.517. The van der Waals surface area contributed by atoms with Crippen molar-refractivity contribution in [2.75, 3.05) is 24.2 Å². The number of ether oxygens (including phenoxy) is 1. The highest BCUT2D eigenvalue weighted by Gasteiger charge is 2.31. The zero-order chi connectivity index (χ0) is 28.7. The maximum absolute atomic E-state index is 13.6. The smallest absolute Gasteiger partial charge is 0.243 e. The lowest BCUT2D eigenvalue weighted by atomic mass is 10.0. The molecule has 2 amide bonds. The zero-order valence-corrected chi connectivity index (χ0v) is 24.8. The maximum Gasteiger partial charge on any atom is 0.243 e. The summed E-state index contributed by atoms with van der Waals surface area (Å²) < 4.78 is 32.0. The van der Waals surface area contributed by atoms with E-state index in [-0.39, 0.29) is 31.3 Å². The highest BCUT2D eigenvalue weighted by molar-refractivity contribution is 7.92. The quantitative estimate of drug-likeness (QED) is 0.421. The Balaban J connectivity index is 2.29. The molecule has 0 bridgehead atoms. The van der Waals surface area contributed by atoms with Crippen molar-refractivity contribution in [1.82, 2.24) is 10.2 Å². The molecule has 0 saturated heterocycles. The van der Waals surface area contributed by atoms with E-state index in [1.165, 1.54) is 10.6 Å². The van der Waals surface area contributed by atoms with E-state index in [2.05, 4.69) is 5.32 Å². The van der Waals surface area contributed by atoms with Crippen molar-refractivity contribution >= 4 is 27.5 Å². The second kappa shape index (κ2) is 13.1. The second-order valence-corrected chi connectivity index (χ2v) is 12.6. The number of hydrogen-bond acceptors (Lipinski definition) is 5. The summed E-state index contributed by atoms with van der Waals surface area (Å²) in [6.07, 6.45) is 2.02. The third-order valence-corrected chi connectivity index (χ3v) is 7.55. The van der Waals surface area contributed by atoms with Gasteiger partial charge in [0.25, 0.3) is 0 Å². The van der Waals surface area contributed by atoms with Gasteiger partial charge in [-0.3, -0.25) is 13.9 Å². The predicted octanol–water partition coefficient (Wildman–Crippen LogP) is 4.58. The fourth-order valence-electron chi connectivity index (χ4n) is 4.33. The first kappa shape index (κ1) is 31.1. The summed E-state index contributed by atoms with van der Waals surface area (Å²) in [5, 5.41) is 3.00. The molecule has 0 aromatic heterocycles. The maximum atomic E-state index is 13.6. The summed E-state index contributed by atoms with van der Waals surface area (Å²) >= 11 is 0. The lowest BCUT2D eigenvalue weighted by Crippen LogP contribution is -2.53. The van der Waals surface area contributed by atoms with E-state index in [9.17, 15) is 18.0 Å². The highest BCUT2D eigenvalue weighted by Crippen LogP contribution is 2.26. The van der Waals surface area contributed by atoms with Gasteiger partial charge in [0.05, 0.1) is 19.1 Å². The normalized spacial score (nSPS) is 12.5. The topological polar surface area (TPSA) is 96.0 Å². The van der Waals surface area contributed by atoms with E-state index < -0.39 is 21.6 Å². The molecular weight excluding hydrogens is 502 g/mol. The van der Waals surface area contributed by atoms with E-state index in [1.54, 1.807) is 18.1 Å². The Hall–Kier alpha value is -3.07. The van der Waals surface area contributed by atoms with Gasteiger partial charge < -0.3 is 15.0 Å². The number of hydrogen-bond donors (Lipinski definition) is 1. The molecule has 8 nitrogen and oxygen atoms in total. The van der Waals surface area contributed by atoms with Crippen LogP contribution in [0.4, 0.5) is 5.69 Å². The monoisotopic (exact) mass is 545 g/mol. The Morgan fingerprint density at radius 3 is 2.32 bits per heavy atom. The second-order valence-electron chi connectivity index (χ2n) is 10.7. The third-order valence-electron chi connectivity index (χ3n) is 6.37. The van der Waals surface area contributed by atoms with Crippen LogP contribution in [0.25, 0.3) is 0 Å². The molecule has 0 unspecified atom stereocenters. The minimum Gasteiger partial charge on any atom is -0.497 e. The number of sulfonamides is 1. The molecule has 2 aromatic carbocycles. The summed E-state index contributed by atoms with van der Waals surface area (Å²) in [5.41, 5.74) is 2.88. The van der Waals surface area contributed by atoms with Gasteiger partial charge in [0.2, 0.25) is 21.8 Å². The van der Waals surface area contributed by atoms with E-state index in [0.29, 0.717) is 24.3 Å². The summed E-state index contributed by atoms with van der Waals surface area (Å²) in [6, 6.07) is 12.3. The number of amides is 2. The molecule has 9 heteroatoms. The Morgan fingerprint density at radius 2 is 1.74 bits per heavy atom. The van der Waals surface area contributed by atoms with Crippen LogP contribution < -0.4 is 14.4 Å². The molecule has 0 aliphatic carbocycles. The first-order valence-electron chi connectivity index (χ1n) is 13.0. The zero-order valence-electron chi connectivity index (χ0n) is 24.0. The largest absolute Gasteiger partial charge is 0.497 e. The van der Waals surface area contributed by atoms with Gasteiger partial charge >= 0.3 is 0 Å².